The van der Waals surface area contributed by atoms with Gasteiger partial charge in [0.05, 0.1) is 34.9 Å². The van der Waals surface area contributed by atoms with Gasteiger partial charge in [-0.3, -0.25) is 9.98 Å². The fraction of sp³-hybridized carbons (Fsp3) is 0.0833. The number of nitrogens with zero attached hydrogens (tertiary/aromatic N) is 4. The number of hydrogen-bond acceptors (Lipinski definition) is 4. The highest BCUT2D eigenvalue weighted by atomic mass is 14.8. The Kier molecular flexibility index (Phi) is 4.22. The van der Waals surface area contributed by atoms with E-state index in [2.05, 4.69) is 46.4 Å². The molecule has 1 aromatic carbocycles. The van der Waals surface area contributed by atoms with Crippen molar-refractivity contribution < 1.29 is 0 Å². The molecule has 2 aliphatic carbocycles. The molecule has 3 aromatic rings. The van der Waals surface area contributed by atoms with Crippen LogP contribution in [-0.2, 0) is 0 Å². The first kappa shape index (κ1) is 16.5. The Balaban J connectivity index is 1.54. The zero-order valence-electron chi connectivity index (χ0n) is 15.3. The molecule has 0 saturated heterocycles. The summed E-state index contributed by atoms with van der Waals surface area (Å²) in [6.45, 7) is 0. The van der Waals surface area contributed by atoms with Crippen molar-refractivity contribution >= 4 is 34.2 Å². The van der Waals surface area contributed by atoms with Crippen LogP contribution < -0.4 is 0 Å². The molecule has 0 fully saturated rings. The maximum atomic E-state index is 4.82. The van der Waals surface area contributed by atoms with E-state index in [4.69, 9.17) is 9.97 Å². The van der Waals surface area contributed by atoms with Crippen molar-refractivity contribution in [2.24, 2.45) is 9.98 Å². The smallest absolute Gasteiger partial charge is 0.0972 e. The van der Waals surface area contributed by atoms with E-state index < -0.39 is 0 Å². The minimum atomic E-state index is 0.829. The summed E-state index contributed by atoms with van der Waals surface area (Å²) in [6.07, 6.45) is 17.7. The SMILES string of the molecule is C1=CCC(N=Cc2ccc3ccc4ccc(C=NC5=CC=CC5)nc4c3n2)=C1. The van der Waals surface area contributed by atoms with Gasteiger partial charge in [-0.1, -0.05) is 48.6 Å². The van der Waals surface area contributed by atoms with Gasteiger partial charge in [0.15, 0.2) is 0 Å². The average Bonchev–Trinajstić information content (AvgIpc) is 3.44. The number of benzene rings is 1. The first-order valence-electron chi connectivity index (χ1n) is 9.35. The molecule has 0 atom stereocenters. The van der Waals surface area contributed by atoms with Crippen molar-refractivity contribution in [1.82, 2.24) is 9.97 Å². The fourth-order valence-corrected chi connectivity index (χ4v) is 3.30. The van der Waals surface area contributed by atoms with Crippen molar-refractivity contribution in [2.45, 2.75) is 12.8 Å². The third-order valence-corrected chi connectivity index (χ3v) is 4.79. The lowest BCUT2D eigenvalue weighted by Gasteiger charge is -2.05. The largest absolute Gasteiger partial charge is 0.259 e. The highest BCUT2D eigenvalue weighted by Crippen LogP contribution is 2.23. The number of hydrogen-bond donors (Lipinski definition) is 0. The van der Waals surface area contributed by atoms with Crippen molar-refractivity contribution in [3.63, 3.8) is 0 Å². The molecular weight excluding hydrogens is 344 g/mol. The molecule has 4 heteroatoms. The summed E-state index contributed by atoms with van der Waals surface area (Å²) in [6, 6.07) is 12.3. The van der Waals surface area contributed by atoms with Crippen LogP contribution in [0.3, 0.4) is 0 Å². The van der Waals surface area contributed by atoms with E-state index in [1.807, 2.05) is 48.9 Å². The highest BCUT2D eigenvalue weighted by Gasteiger charge is 2.06. The molecule has 0 amide bonds. The Morgan fingerprint density at radius 3 is 1.54 bits per heavy atom. The molecule has 0 bridgehead atoms. The van der Waals surface area contributed by atoms with Gasteiger partial charge in [0.1, 0.15) is 0 Å². The molecule has 0 saturated carbocycles. The molecule has 0 radical (unpaired) electrons. The van der Waals surface area contributed by atoms with E-state index in [-0.39, 0.29) is 0 Å². The zero-order chi connectivity index (χ0) is 18.8. The number of aromatic nitrogens is 2. The van der Waals surface area contributed by atoms with E-state index in [9.17, 15) is 0 Å². The van der Waals surface area contributed by atoms with Crippen LogP contribution >= 0.6 is 0 Å². The molecular formula is C24H18N4. The predicted octanol–water partition coefficient (Wildman–Crippen LogP) is 5.31. The normalized spacial score (nSPS) is 16.1. The predicted molar refractivity (Wildman–Crippen MR) is 116 cm³/mol. The van der Waals surface area contributed by atoms with Crippen molar-refractivity contribution in [3.8, 4) is 0 Å². The van der Waals surface area contributed by atoms with Gasteiger partial charge in [-0.15, -0.1) is 0 Å². The highest BCUT2D eigenvalue weighted by molar-refractivity contribution is 6.04. The molecule has 2 aromatic heterocycles. The third kappa shape index (κ3) is 3.32. The summed E-state index contributed by atoms with van der Waals surface area (Å²) >= 11 is 0. The van der Waals surface area contributed by atoms with Crippen molar-refractivity contribution in [2.75, 3.05) is 0 Å². The van der Waals surface area contributed by atoms with Crippen LogP contribution in [0.15, 0.2) is 94.2 Å². The summed E-state index contributed by atoms with van der Waals surface area (Å²) in [7, 11) is 0. The summed E-state index contributed by atoms with van der Waals surface area (Å²) in [5.74, 6) is 0. The molecule has 134 valence electrons. The zero-order valence-corrected chi connectivity index (χ0v) is 15.3. The Morgan fingerprint density at radius 1 is 0.643 bits per heavy atom. The second-order valence-corrected chi connectivity index (χ2v) is 6.78. The molecule has 0 spiro atoms. The van der Waals surface area contributed by atoms with E-state index in [1.54, 1.807) is 0 Å². The Morgan fingerprint density at radius 2 is 1.11 bits per heavy atom. The van der Waals surface area contributed by atoms with Crippen molar-refractivity contribution in [3.05, 3.63) is 95.6 Å². The number of rotatable bonds is 4. The second-order valence-electron chi connectivity index (χ2n) is 6.78. The molecule has 28 heavy (non-hydrogen) atoms. The standard InChI is InChI=1S/C24H18N4/c1-2-6-19(5-1)25-15-21-13-11-17-9-10-18-12-14-22(28-24(18)23(17)27-21)16-26-20-7-3-4-8-20/h1-5,7,9-16H,6,8H2. The third-order valence-electron chi connectivity index (χ3n) is 4.79. The summed E-state index contributed by atoms with van der Waals surface area (Å²) in [5.41, 5.74) is 5.53. The molecule has 0 N–H and O–H groups in total. The van der Waals surface area contributed by atoms with Gasteiger partial charge >= 0.3 is 0 Å². The monoisotopic (exact) mass is 362 g/mol. The number of fused-ring (bicyclic) bond motifs is 3. The van der Waals surface area contributed by atoms with Crippen LogP contribution in [0.2, 0.25) is 0 Å². The van der Waals surface area contributed by atoms with E-state index in [0.29, 0.717) is 0 Å². The Hall–Kier alpha value is -3.66. The molecule has 0 unspecified atom stereocenters. The molecule has 2 heterocycles. The number of aliphatic imine (C=N–C) groups is 2. The lowest BCUT2D eigenvalue weighted by molar-refractivity contribution is 1.20. The van der Waals surface area contributed by atoms with Crippen LogP contribution in [-0.4, -0.2) is 22.4 Å². The second kappa shape index (κ2) is 7.16. The minimum absolute atomic E-state index is 0.829. The van der Waals surface area contributed by atoms with Crippen LogP contribution in [0, 0.1) is 0 Å². The van der Waals surface area contributed by atoms with Gasteiger partial charge in [-0.2, -0.15) is 0 Å². The van der Waals surface area contributed by atoms with E-state index in [0.717, 1.165) is 57.4 Å². The fourth-order valence-electron chi connectivity index (χ4n) is 3.30. The summed E-state index contributed by atoms with van der Waals surface area (Å²) < 4.78 is 0. The van der Waals surface area contributed by atoms with E-state index in [1.165, 1.54) is 0 Å². The first-order valence-corrected chi connectivity index (χ1v) is 9.35. The topological polar surface area (TPSA) is 50.5 Å². The van der Waals surface area contributed by atoms with Gasteiger partial charge in [0, 0.05) is 35.0 Å². The molecule has 0 aliphatic heterocycles. The Bertz CT molecular complexity index is 1160. The van der Waals surface area contributed by atoms with Crippen LogP contribution in [0.25, 0.3) is 21.8 Å². The maximum Gasteiger partial charge on any atom is 0.0972 e. The van der Waals surface area contributed by atoms with Crippen LogP contribution in [0.1, 0.15) is 24.2 Å². The number of allylic oxidation sites excluding steroid dienone is 6. The van der Waals surface area contributed by atoms with Gasteiger partial charge in [0.2, 0.25) is 0 Å². The first-order chi connectivity index (χ1) is 13.8. The lowest BCUT2D eigenvalue weighted by Crippen LogP contribution is -1.94. The van der Waals surface area contributed by atoms with E-state index >= 15 is 0 Å². The maximum absolute atomic E-state index is 4.82. The molecule has 5 rings (SSSR count). The van der Waals surface area contributed by atoms with Gasteiger partial charge in [-0.05, 0) is 24.3 Å². The van der Waals surface area contributed by atoms with Gasteiger partial charge < -0.3 is 0 Å². The van der Waals surface area contributed by atoms with Crippen molar-refractivity contribution in [1.29, 1.82) is 0 Å². The van der Waals surface area contributed by atoms with Gasteiger partial charge in [0.25, 0.3) is 0 Å². The van der Waals surface area contributed by atoms with Crippen LogP contribution in [0.5, 0.6) is 0 Å². The average molecular weight is 362 g/mol. The number of pyridine rings is 2. The Labute approximate surface area is 163 Å². The minimum Gasteiger partial charge on any atom is -0.259 e. The lowest BCUT2D eigenvalue weighted by atomic mass is 10.1. The summed E-state index contributed by atoms with van der Waals surface area (Å²) in [4.78, 5) is 18.7. The van der Waals surface area contributed by atoms with Crippen LogP contribution in [0.4, 0.5) is 0 Å². The quantitative estimate of drug-likeness (QED) is 0.466. The molecule has 4 nitrogen and oxygen atoms in total. The van der Waals surface area contributed by atoms with Gasteiger partial charge in [-0.25, -0.2) is 9.97 Å². The summed E-state index contributed by atoms with van der Waals surface area (Å²) in [5, 5.41) is 2.13. The molecule has 2 aliphatic rings.